The molecule has 0 radical (unpaired) electrons. The molecule has 0 aromatic carbocycles. The van der Waals surface area contributed by atoms with Crippen LogP contribution in [-0.4, -0.2) is 35.8 Å². The Kier molecular flexibility index (Phi) is 3.75. The number of nitrogens with two attached hydrogens (primary N) is 1. The van der Waals surface area contributed by atoms with Crippen LogP contribution < -0.4 is 16.6 Å². The second-order valence-corrected chi connectivity index (χ2v) is 5.86. The van der Waals surface area contributed by atoms with Crippen LogP contribution in [0, 0.1) is 0 Å². The molecular weight excluding hydrogens is 257 g/mol. The average molecular weight is 277 g/mol. The van der Waals surface area contributed by atoms with Gasteiger partial charge in [-0.15, -0.1) is 0 Å². The molecule has 1 aromatic rings. The van der Waals surface area contributed by atoms with E-state index in [0.717, 1.165) is 0 Å². The highest BCUT2D eigenvalue weighted by Crippen LogP contribution is 2.36. The van der Waals surface area contributed by atoms with Gasteiger partial charge in [0.05, 0.1) is 23.3 Å². The minimum atomic E-state index is -0.518. The molecular formula is C13H20BN3O3. The molecule has 2 rings (SSSR count). The van der Waals surface area contributed by atoms with E-state index in [0.29, 0.717) is 11.4 Å². The van der Waals surface area contributed by atoms with Gasteiger partial charge < -0.3 is 20.4 Å². The largest absolute Gasteiger partial charge is 0.514 e. The van der Waals surface area contributed by atoms with Gasteiger partial charge in [0.2, 0.25) is 5.91 Å². The third-order valence-corrected chi connectivity index (χ3v) is 3.71. The van der Waals surface area contributed by atoms with E-state index >= 15 is 0 Å². The summed E-state index contributed by atoms with van der Waals surface area (Å²) in [7, 11) is -0.518. The SMILES string of the molecule is CC1(C)OB(c2cccc(NCC(N)=O)n2)OC1(C)C. The van der Waals surface area contributed by atoms with Gasteiger partial charge in [-0.3, -0.25) is 4.79 Å². The first-order valence-electron chi connectivity index (χ1n) is 6.56. The Labute approximate surface area is 119 Å². The summed E-state index contributed by atoms with van der Waals surface area (Å²) in [5.41, 5.74) is 4.94. The number of carbonyl (C=O) groups excluding carboxylic acids is 1. The maximum atomic E-state index is 10.8. The van der Waals surface area contributed by atoms with Crippen molar-refractivity contribution in [3.8, 4) is 0 Å². The molecule has 108 valence electrons. The summed E-state index contributed by atoms with van der Waals surface area (Å²) in [6.45, 7) is 7.99. The molecule has 3 N–H and O–H groups in total. The summed E-state index contributed by atoms with van der Waals surface area (Å²) >= 11 is 0. The maximum Gasteiger partial charge on any atom is 0.514 e. The Morgan fingerprint density at radius 1 is 1.30 bits per heavy atom. The molecule has 0 saturated carbocycles. The normalized spacial score (nSPS) is 19.9. The summed E-state index contributed by atoms with van der Waals surface area (Å²) in [4.78, 5) is 15.2. The van der Waals surface area contributed by atoms with Crippen molar-refractivity contribution in [3.05, 3.63) is 18.2 Å². The summed E-state index contributed by atoms with van der Waals surface area (Å²) < 4.78 is 11.9. The van der Waals surface area contributed by atoms with Gasteiger partial charge in [-0.05, 0) is 39.8 Å². The third kappa shape index (κ3) is 2.94. The Bertz CT molecular complexity index is 503. The number of nitrogens with zero attached hydrogens (tertiary/aromatic N) is 1. The fourth-order valence-electron chi connectivity index (χ4n) is 1.82. The predicted octanol–water partition coefficient (Wildman–Crippen LogP) is 0.278. The lowest BCUT2D eigenvalue weighted by Gasteiger charge is -2.32. The van der Waals surface area contributed by atoms with Crippen LogP contribution in [0.4, 0.5) is 5.82 Å². The molecule has 0 bridgehead atoms. The van der Waals surface area contributed by atoms with E-state index in [2.05, 4.69) is 10.3 Å². The lowest BCUT2D eigenvalue weighted by Crippen LogP contribution is -2.41. The molecule has 0 spiro atoms. The van der Waals surface area contributed by atoms with Crippen molar-refractivity contribution < 1.29 is 14.1 Å². The standard InChI is InChI=1S/C13H20BN3O3/c1-12(2)13(3,4)20-14(19-12)9-6-5-7-11(17-9)16-8-10(15)18/h5-7H,8H2,1-4H3,(H2,15,18)(H,16,17). The van der Waals surface area contributed by atoms with E-state index in [9.17, 15) is 4.79 Å². The van der Waals surface area contributed by atoms with Crippen molar-refractivity contribution in [2.75, 3.05) is 11.9 Å². The highest BCUT2D eigenvalue weighted by molar-refractivity contribution is 6.61. The number of amides is 1. The quantitative estimate of drug-likeness (QED) is 0.772. The molecule has 1 aliphatic rings. The molecule has 0 aliphatic carbocycles. The van der Waals surface area contributed by atoms with E-state index in [1.807, 2.05) is 39.8 Å². The Hall–Kier alpha value is -1.60. The number of nitrogens with one attached hydrogen (secondary N) is 1. The van der Waals surface area contributed by atoms with E-state index in [-0.39, 0.29) is 6.54 Å². The van der Waals surface area contributed by atoms with Crippen LogP contribution in [0.5, 0.6) is 0 Å². The van der Waals surface area contributed by atoms with Gasteiger partial charge in [0.25, 0.3) is 0 Å². The Morgan fingerprint density at radius 3 is 2.45 bits per heavy atom. The number of hydrogen-bond donors (Lipinski definition) is 2. The van der Waals surface area contributed by atoms with Crippen molar-refractivity contribution in [1.82, 2.24) is 4.98 Å². The van der Waals surface area contributed by atoms with Crippen LogP contribution in [0.2, 0.25) is 0 Å². The zero-order chi connectivity index (χ0) is 15.0. The van der Waals surface area contributed by atoms with Gasteiger partial charge in [0.15, 0.2) is 0 Å². The number of hydrogen-bond acceptors (Lipinski definition) is 5. The summed E-state index contributed by atoms with van der Waals surface area (Å²) in [5.74, 6) is 0.129. The molecule has 1 fully saturated rings. The van der Waals surface area contributed by atoms with E-state index in [1.165, 1.54) is 0 Å². The van der Waals surface area contributed by atoms with Gasteiger partial charge >= 0.3 is 7.12 Å². The number of rotatable bonds is 4. The molecule has 0 atom stereocenters. The van der Waals surface area contributed by atoms with E-state index in [1.54, 1.807) is 6.07 Å². The lowest BCUT2D eigenvalue weighted by atomic mass is 9.84. The number of carbonyl (C=O) groups is 1. The molecule has 0 unspecified atom stereocenters. The maximum absolute atomic E-state index is 10.8. The van der Waals surface area contributed by atoms with Gasteiger partial charge in [-0.25, -0.2) is 4.98 Å². The van der Waals surface area contributed by atoms with Gasteiger partial charge in [0.1, 0.15) is 5.82 Å². The van der Waals surface area contributed by atoms with Gasteiger partial charge in [-0.1, -0.05) is 6.07 Å². The van der Waals surface area contributed by atoms with Crippen molar-refractivity contribution >= 4 is 24.4 Å². The first-order valence-corrected chi connectivity index (χ1v) is 6.56. The summed E-state index contributed by atoms with van der Waals surface area (Å²) in [6, 6.07) is 5.42. The van der Waals surface area contributed by atoms with Gasteiger partial charge in [-0.2, -0.15) is 0 Å². The number of anilines is 1. The minimum absolute atomic E-state index is 0.0415. The van der Waals surface area contributed by atoms with Crippen molar-refractivity contribution in [2.45, 2.75) is 38.9 Å². The van der Waals surface area contributed by atoms with Crippen LogP contribution in [0.25, 0.3) is 0 Å². The van der Waals surface area contributed by atoms with E-state index in [4.69, 9.17) is 15.0 Å². The number of pyridine rings is 1. The van der Waals surface area contributed by atoms with Crippen LogP contribution in [0.15, 0.2) is 18.2 Å². The zero-order valence-electron chi connectivity index (χ0n) is 12.3. The fraction of sp³-hybridized carbons (Fsp3) is 0.538. The van der Waals surface area contributed by atoms with Crippen LogP contribution in [-0.2, 0) is 14.1 Å². The van der Waals surface area contributed by atoms with Gasteiger partial charge in [0, 0.05) is 0 Å². The number of primary amides is 1. The highest BCUT2D eigenvalue weighted by atomic mass is 16.7. The average Bonchev–Trinajstić information content (AvgIpc) is 2.56. The first kappa shape index (κ1) is 14.8. The monoisotopic (exact) mass is 277 g/mol. The van der Waals surface area contributed by atoms with Crippen molar-refractivity contribution in [1.29, 1.82) is 0 Å². The van der Waals surface area contributed by atoms with Crippen LogP contribution in [0.1, 0.15) is 27.7 Å². The molecule has 1 aromatic heterocycles. The summed E-state index contributed by atoms with van der Waals surface area (Å²) in [6.07, 6.45) is 0. The Balaban J connectivity index is 2.14. The molecule has 2 heterocycles. The fourth-order valence-corrected chi connectivity index (χ4v) is 1.82. The molecule has 1 amide bonds. The first-order chi connectivity index (χ1) is 9.21. The minimum Gasteiger partial charge on any atom is -0.398 e. The topological polar surface area (TPSA) is 86.5 Å². The van der Waals surface area contributed by atoms with Crippen molar-refractivity contribution in [2.24, 2.45) is 5.73 Å². The highest BCUT2D eigenvalue weighted by Gasteiger charge is 2.52. The second kappa shape index (κ2) is 5.07. The number of aromatic nitrogens is 1. The third-order valence-electron chi connectivity index (χ3n) is 3.71. The second-order valence-electron chi connectivity index (χ2n) is 5.86. The molecule has 7 heteroatoms. The lowest BCUT2D eigenvalue weighted by molar-refractivity contribution is -0.116. The molecule has 6 nitrogen and oxygen atoms in total. The van der Waals surface area contributed by atoms with Crippen LogP contribution in [0.3, 0.4) is 0 Å². The smallest absolute Gasteiger partial charge is 0.398 e. The van der Waals surface area contributed by atoms with Crippen LogP contribution >= 0.6 is 0 Å². The predicted molar refractivity (Wildman–Crippen MR) is 77.6 cm³/mol. The zero-order valence-corrected chi connectivity index (χ0v) is 12.3. The van der Waals surface area contributed by atoms with E-state index < -0.39 is 24.2 Å². The molecule has 1 saturated heterocycles. The molecule has 20 heavy (non-hydrogen) atoms. The Morgan fingerprint density at radius 2 is 1.90 bits per heavy atom. The van der Waals surface area contributed by atoms with Crippen molar-refractivity contribution in [3.63, 3.8) is 0 Å². The summed E-state index contributed by atoms with van der Waals surface area (Å²) in [5, 5.41) is 2.85. The molecule has 1 aliphatic heterocycles.